The third-order valence-electron chi connectivity index (χ3n) is 5.37. The second-order valence-electron chi connectivity index (χ2n) is 7.79. The summed E-state index contributed by atoms with van der Waals surface area (Å²) in [6.07, 6.45) is -4.59. The summed E-state index contributed by atoms with van der Waals surface area (Å²) in [5.74, 6) is 0. The highest BCUT2D eigenvalue weighted by molar-refractivity contribution is 5.90. The van der Waals surface area contributed by atoms with E-state index >= 15 is 0 Å². The fourth-order valence-electron chi connectivity index (χ4n) is 3.50. The van der Waals surface area contributed by atoms with Crippen molar-refractivity contribution in [2.45, 2.75) is 26.2 Å². The number of halogens is 3. The molecule has 3 rings (SSSR count). The lowest BCUT2D eigenvalue weighted by atomic mass is 10.1. The van der Waals surface area contributed by atoms with Gasteiger partial charge in [0.25, 0.3) is 0 Å². The molecular weight excluding hydrogens is 421 g/mol. The number of carbonyl (C=O) groups excluding carboxylic acids is 1. The van der Waals surface area contributed by atoms with Gasteiger partial charge in [0, 0.05) is 31.9 Å². The molecule has 0 aromatic heterocycles. The van der Waals surface area contributed by atoms with Gasteiger partial charge in [0.05, 0.1) is 24.5 Å². The molecule has 1 heterocycles. The minimum absolute atomic E-state index is 0.211. The molecule has 2 aromatic rings. The number of anilines is 2. The van der Waals surface area contributed by atoms with Gasteiger partial charge in [-0.2, -0.15) is 13.2 Å². The minimum atomic E-state index is -4.59. The molecule has 2 amide bonds. The largest absolute Gasteiger partial charge is 0.418 e. The maximum absolute atomic E-state index is 13.7. The van der Waals surface area contributed by atoms with Crippen molar-refractivity contribution in [1.29, 1.82) is 0 Å². The minimum Gasteiger partial charge on any atom is -0.378 e. The van der Waals surface area contributed by atoms with Crippen LogP contribution in [0.1, 0.15) is 23.6 Å². The third-order valence-corrected chi connectivity index (χ3v) is 5.37. The first-order valence-corrected chi connectivity index (χ1v) is 10.6. The molecule has 0 spiro atoms. The first kappa shape index (κ1) is 23.9. The standard InChI is InChI=1S/C23H29F3N4O2/c1-3-29(2)16-18-6-4-5-17(13-18)15-27-22(31)28-21-8-7-19(14-20(21)23(24,25)26)30-9-11-32-12-10-30/h4-8,13-14H,3,9-12,15-16H2,1-2H3,(H2,27,28,31). The van der Waals surface area contributed by atoms with Crippen LogP contribution in [0, 0.1) is 0 Å². The van der Waals surface area contributed by atoms with Gasteiger partial charge in [-0.25, -0.2) is 4.79 Å². The highest BCUT2D eigenvalue weighted by atomic mass is 19.4. The van der Waals surface area contributed by atoms with Crippen molar-refractivity contribution in [3.63, 3.8) is 0 Å². The molecule has 0 aliphatic carbocycles. The van der Waals surface area contributed by atoms with Crippen molar-refractivity contribution in [3.8, 4) is 0 Å². The smallest absolute Gasteiger partial charge is 0.378 e. The Morgan fingerprint density at radius 3 is 2.53 bits per heavy atom. The molecule has 0 atom stereocenters. The van der Waals surface area contributed by atoms with Crippen LogP contribution >= 0.6 is 0 Å². The summed E-state index contributed by atoms with van der Waals surface area (Å²) in [4.78, 5) is 16.3. The molecule has 6 nitrogen and oxygen atoms in total. The summed E-state index contributed by atoms with van der Waals surface area (Å²) in [7, 11) is 2.01. The summed E-state index contributed by atoms with van der Waals surface area (Å²) in [5.41, 5.74) is 1.29. The molecule has 1 aliphatic rings. The van der Waals surface area contributed by atoms with Crippen LogP contribution < -0.4 is 15.5 Å². The summed E-state index contributed by atoms with van der Waals surface area (Å²) in [6.45, 7) is 5.97. The lowest BCUT2D eigenvalue weighted by molar-refractivity contribution is -0.136. The lowest BCUT2D eigenvalue weighted by Gasteiger charge is -2.29. The van der Waals surface area contributed by atoms with Crippen molar-refractivity contribution in [1.82, 2.24) is 10.2 Å². The quantitative estimate of drug-likeness (QED) is 0.660. The zero-order valence-corrected chi connectivity index (χ0v) is 18.3. The molecule has 2 aromatic carbocycles. The molecule has 1 aliphatic heterocycles. The Hall–Kier alpha value is -2.78. The first-order valence-electron chi connectivity index (χ1n) is 10.6. The lowest BCUT2D eigenvalue weighted by Crippen LogP contribution is -2.36. The summed E-state index contributed by atoms with van der Waals surface area (Å²) < 4.78 is 46.2. The average molecular weight is 451 g/mol. The van der Waals surface area contributed by atoms with Crippen molar-refractivity contribution in [2.75, 3.05) is 50.1 Å². The maximum Gasteiger partial charge on any atom is 0.418 e. The SMILES string of the molecule is CCN(C)Cc1cccc(CNC(=O)Nc2ccc(N3CCOCC3)cc2C(F)(F)F)c1. The van der Waals surface area contributed by atoms with Gasteiger partial charge in [-0.1, -0.05) is 31.2 Å². The third kappa shape index (κ3) is 6.61. The number of rotatable bonds is 7. The molecular formula is C23H29F3N4O2. The second kappa shape index (κ2) is 10.7. The zero-order valence-electron chi connectivity index (χ0n) is 18.3. The summed E-state index contributed by atoms with van der Waals surface area (Å²) in [6, 6.07) is 11.0. The van der Waals surface area contributed by atoms with E-state index in [-0.39, 0.29) is 12.2 Å². The van der Waals surface area contributed by atoms with E-state index in [2.05, 4.69) is 22.5 Å². The van der Waals surface area contributed by atoms with E-state index in [1.54, 1.807) is 6.07 Å². The number of carbonyl (C=O) groups is 1. The van der Waals surface area contributed by atoms with Gasteiger partial charge in [-0.15, -0.1) is 0 Å². The Labute approximate surface area is 186 Å². The van der Waals surface area contributed by atoms with E-state index in [0.29, 0.717) is 32.0 Å². The average Bonchev–Trinajstić information content (AvgIpc) is 2.78. The molecule has 9 heteroatoms. The topological polar surface area (TPSA) is 56.8 Å². The van der Waals surface area contributed by atoms with Crippen molar-refractivity contribution in [2.24, 2.45) is 0 Å². The van der Waals surface area contributed by atoms with Gasteiger partial charge in [-0.3, -0.25) is 0 Å². The highest BCUT2D eigenvalue weighted by Gasteiger charge is 2.34. The molecule has 0 radical (unpaired) electrons. The second-order valence-corrected chi connectivity index (χ2v) is 7.79. The molecule has 0 saturated carbocycles. The molecule has 0 bridgehead atoms. The van der Waals surface area contributed by atoms with Crippen LogP contribution in [-0.2, 0) is 24.0 Å². The number of urea groups is 1. The summed E-state index contributed by atoms with van der Waals surface area (Å²) >= 11 is 0. The van der Waals surface area contributed by atoms with Gasteiger partial charge in [0.1, 0.15) is 0 Å². The molecule has 174 valence electrons. The Morgan fingerprint density at radius 1 is 1.12 bits per heavy atom. The normalized spacial score (nSPS) is 14.5. The van der Waals surface area contributed by atoms with E-state index in [1.807, 2.05) is 36.2 Å². The van der Waals surface area contributed by atoms with Crippen LogP contribution in [0.3, 0.4) is 0 Å². The van der Waals surface area contributed by atoms with Crippen molar-refractivity contribution in [3.05, 3.63) is 59.2 Å². The van der Waals surface area contributed by atoms with Gasteiger partial charge in [0.2, 0.25) is 0 Å². The molecule has 32 heavy (non-hydrogen) atoms. The highest BCUT2D eigenvalue weighted by Crippen LogP contribution is 2.37. The fraction of sp³-hybridized carbons (Fsp3) is 0.435. The number of hydrogen-bond donors (Lipinski definition) is 2. The van der Waals surface area contributed by atoms with Gasteiger partial charge in [0.15, 0.2) is 0 Å². The van der Waals surface area contributed by atoms with E-state index in [1.165, 1.54) is 6.07 Å². The first-order chi connectivity index (χ1) is 15.3. The fourth-order valence-corrected chi connectivity index (χ4v) is 3.50. The Kier molecular flexibility index (Phi) is 7.98. The molecule has 1 fully saturated rings. The Balaban J connectivity index is 1.66. The number of nitrogens with zero attached hydrogens (tertiary/aromatic N) is 2. The summed E-state index contributed by atoms with van der Waals surface area (Å²) in [5, 5.41) is 4.99. The van der Waals surface area contributed by atoms with Gasteiger partial charge in [-0.05, 0) is 42.9 Å². The predicted octanol–water partition coefficient (Wildman–Crippen LogP) is 4.32. The van der Waals surface area contributed by atoms with Crippen LogP contribution in [0.2, 0.25) is 0 Å². The predicted molar refractivity (Wildman–Crippen MR) is 119 cm³/mol. The number of ether oxygens (including phenoxy) is 1. The van der Waals surface area contributed by atoms with E-state index in [4.69, 9.17) is 4.74 Å². The monoisotopic (exact) mass is 450 g/mol. The number of nitrogens with one attached hydrogen (secondary N) is 2. The molecule has 0 unspecified atom stereocenters. The van der Waals surface area contributed by atoms with Crippen LogP contribution in [0.25, 0.3) is 0 Å². The Morgan fingerprint density at radius 2 is 1.84 bits per heavy atom. The van der Waals surface area contributed by atoms with E-state index in [0.717, 1.165) is 30.3 Å². The van der Waals surface area contributed by atoms with Gasteiger partial charge < -0.3 is 25.2 Å². The van der Waals surface area contributed by atoms with Crippen LogP contribution in [0.5, 0.6) is 0 Å². The molecule has 2 N–H and O–H groups in total. The van der Waals surface area contributed by atoms with E-state index < -0.39 is 17.8 Å². The van der Waals surface area contributed by atoms with Crippen LogP contribution in [0.4, 0.5) is 29.3 Å². The zero-order chi connectivity index (χ0) is 23.1. The van der Waals surface area contributed by atoms with Crippen molar-refractivity contribution < 1.29 is 22.7 Å². The van der Waals surface area contributed by atoms with Crippen molar-refractivity contribution >= 4 is 17.4 Å². The van der Waals surface area contributed by atoms with Crippen LogP contribution in [-0.4, -0.2) is 50.8 Å². The maximum atomic E-state index is 13.7. The Bertz CT molecular complexity index is 914. The van der Waals surface area contributed by atoms with Crippen LogP contribution in [0.15, 0.2) is 42.5 Å². The number of alkyl halides is 3. The number of morpholine rings is 1. The van der Waals surface area contributed by atoms with E-state index in [9.17, 15) is 18.0 Å². The number of amides is 2. The number of benzene rings is 2. The molecule has 1 saturated heterocycles. The number of hydrogen-bond acceptors (Lipinski definition) is 4. The van der Waals surface area contributed by atoms with Gasteiger partial charge >= 0.3 is 12.2 Å².